The SMILES string of the molecule is Cc1cc(NCC2CCN(C)C2)ccc1N. The van der Waals surface area contributed by atoms with Crippen molar-refractivity contribution >= 4 is 11.4 Å². The van der Waals surface area contributed by atoms with Crippen molar-refractivity contribution in [3.8, 4) is 0 Å². The lowest BCUT2D eigenvalue weighted by atomic mass is 10.1. The predicted octanol–water partition coefficient (Wildman–Crippen LogP) is 1.94. The summed E-state index contributed by atoms with van der Waals surface area (Å²) >= 11 is 0. The fourth-order valence-electron chi connectivity index (χ4n) is 2.24. The summed E-state index contributed by atoms with van der Waals surface area (Å²) in [6, 6.07) is 6.15. The van der Waals surface area contributed by atoms with Gasteiger partial charge in [0, 0.05) is 24.5 Å². The van der Waals surface area contributed by atoms with Crippen molar-refractivity contribution in [2.24, 2.45) is 5.92 Å². The first-order valence-corrected chi connectivity index (χ1v) is 5.93. The van der Waals surface area contributed by atoms with Gasteiger partial charge in [-0.1, -0.05) is 0 Å². The molecule has 1 heterocycles. The minimum Gasteiger partial charge on any atom is -0.399 e. The highest BCUT2D eigenvalue weighted by atomic mass is 15.1. The second-order valence-corrected chi connectivity index (χ2v) is 4.87. The van der Waals surface area contributed by atoms with Gasteiger partial charge in [-0.05, 0) is 56.6 Å². The number of aryl methyl sites for hydroxylation is 1. The van der Waals surface area contributed by atoms with Gasteiger partial charge in [-0.25, -0.2) is 0 Å². The number of hydrogen-bond acceptors (Lipinski definition) is 3. The number of nitrogens with one attached hydrogen (secondary N) is 1. The van der Waals surface area contributed by atoms with Crippen LogP contribution >= 0.6 is 0 Å². The number of benzene rings is 1. The van der Waals surface area contributed by atoms with Crippen molar-refractivity contribution in [1.29, 1.82) is 0 Å². The number of anilines is 2. The molecule has 2 rings (SSSR count). The van der Waals surface area contributed by atoms with Gasteiger partial charge in [0.25, 0.3) is 0 Å². The summed E-state index contributed by atoms with van der Waals surface area (Å²) < 4.78 is 0. The third-order valence-electron chi connectivity index (χ3n) is 3.35. The number of nitrogens with zero attached hydrogens (tertiary/aromatic N) is 1. The molecule has 1 unspecified atom stereocenters. The van der Waals surface area contributed by atoms with Crippen molar-refractivity contribution in [2.75, 3.05) is 37.7 Å². The zero-order valence-corrected chi connectivity index (χ0v) is 10.2. The second kappa shape index (κ2) is 4.74. The second-order valence-electron chi connectivity index (χ2n) is 4.87. The fourth-order valence-corrected chi connectivity index (χ4v) is 2.24. The van der Waals surface area contributed by atoms with Gasteiger partial charge in [0.15, 0.2) is 0 Å². The van der Waals surface area contributed by atoms with Gasteiger partial charge in [0.1, 0.15) is 0 Å². The number of nitrogens with two attached hydrogens (primary N) is 1. The van der Waals surface area contributed by atoms with Crippen molar-refractivity contribution in [2.45, 2.75) is 13.3 Å². The van der Waals surface area contributed by atoms with E-state index in [0.717, 1.165) is 23.7 Å². The third-order valence-corrected chi connectivity index (χ3v) is 3.35. The van der Waals surface area contributed by atoms with Crippen LogP contribution in [-0.4, -0.2) is 31.6 Å². The molecule has 16 heavy (non-hydrogen) atoms. The van der Waals surface area contributed by atoms with E-state index < -0.39 is 0 Å². The van der Waals surface area contributed by atoms with Gasteiger partial charge in [-0.3, -0.25) is 0 Å². The zero-order chi connectivity index (χ0) is 11.5. The number of nitrogen functional groups attached to an aromatic ring is 1. The van der Waals surface area contributed by atoms with Crippen molar-refractivity contribution < 1.29 is 0 Å². The predicted molar refractivity (Wildman–Crippen MR) is 69.7 cm³/mol. The van der Waals surface area contributed by atoms with E-state index in [4.69, 9.17) is 5.73 Å². The number of likely N-dealkylation sites (tertiary alicyclic amines) is 1. The number of hydrogen-bond donors (Lipinski definition) is 2. The molecule has 3 N–H and O–H groups in total. The Morgan fingerprint density at radius 1 is 1.50 bits per heavy atom. The van der Waals surface area contributed by atoms with Gasteiger partial charge >= 0.3 is 0 Å². The van der Waals surface area contributed by atoms with Gasteiger partial charge in [-0.15, -0.1) is 0 Å². The summed E-state index contributed by atoms with van der Waals surface area (Å²) in [7, 11) is 2.19. The highest BCUT2D eigenvalue weighted by Crippen LogP contribution is 2.19. The van der Waals surface area contributed by atoms with Crippen LogP contribution in [0, 0.1) is 12.8 Å². The van der Waals surface area contributed by atoms with E-state index in [1.54, 1.807) is 0 Å². The maximum Gasteiger partial charge on any atom is 0.0345 e. The van der Waals surface area contributed by atoms with E-state index in [2.05, 4.69) is 29.4 Å². The molecular weight excluding hydrogens is 198 g/mol. The topological polar surface area (TPSA) is 41.3 Å². The average molecular weight is 219 g/mol. The Hall–Kier alpha value is -1.22. The lowest BCUT2D eigenvalue weighted by molar-refractivity contribution is 0.399. The summed E-state index contributed by atoms with van der Waals surface area (Å²) in [5.41, 5.74) is 8.99. The van der Waals surface area contributed by atoms with Gasteiger partial charge < -0.3 is 16.0 Å². The number of rotatable bonds is 3. The molecule has 1 atom stereocenters. The summed E-state index contributed by atoms with van der Waals surface area (Å²) in [6.07, 6.45) is 1.30. The molecule has 88 valence electrons. The van der Waals surface area contributed by atoms with E-state index in [-0.39, 0.29) is 0 Å². The maximum absolute atomic E-state index is 5.79. The molecule has 1 aliphatic heterocycles. The van der Waals surface area contributed by atoms with Crippen LogP contribution in [0.25, 0.3) is 0 Å². The quantitative estimate of drug-likeness (QED) is 0.763. The van der Waals surface area contributed by atoms with E-state index in [0.29, 0.717) is 0 Å². The van der Waals surface area contributed by atoms with E-state index >= 15 is 0 Å². The Morgan fingerprint density at radius 2 is 2.31 bits per heavy atom. The summed E-state index contributed by atoms with van der Waals surface area (Å²) in [5.74, 6) is 0.780. The minimum absolute atomic E-state index is 0.780. The lowest BCUT2D eigenvalue weighted by Crippen LogP contribution is -2.19. The Kier molecular flexibility index (Phi) is 3.34. The molecule has 0 radical (unpaired) electrons. The van der Waals surface area contributed by atoms with Crippen LogP contribution in [0.3, 0.4) is 0 Å². The van der Waals surface area contributed by atoms with Crippen LogP contribution in [-0.2, 0) is 0 Å². The molecular formula is C13H21N3. The molecule has 0 aromatic heterocycles. The normalized spacial score (nSPS) is 21.2. The van der Waals surface area contributed by atoms with Crippen LogP contribution in [0.4, 0.5) is 11.4 Å². The molecule has 1 aromatic carbocycles. The molecule has 1 fully saturated rings. The monoisotopic (exact) mass is 219 g/mol. The van der Waals surface area contributed by atoms with Crippen LogP contribution in [0.1, 0.15) is 12.0 Å². The van der Waals surface area contributed by atoms with Crippen molar-refractivity contribution in [3.05, 3.63) is 23.8 Å². The molecule has 1 aliphatic rings. The first-order chi connectivity index (χ1) is 7.65. The molecule has 0 saturated carbocycles. The Labute approximate surface area is 97.6 Å². The highest BCUT2D eigenvalue weighted by Gasteiger charge is 2.18. The first kappa shape index (κ1) is 11.3. The standard InChI is InChI=1S/C13H21N3/c1-10-7-12(3-4-13(10)14)15-8-11-5-6-16(2)9-11/h3-4,7,11,15H,5-6,8-9,14H2,1-2H3. The molecule has 3 nitrogen and oxygen atoms in total. The molecule has 0 aliphatic carbocycles. The Morgan fingerprint density at radius 3 is 2.94 bits per heavy atom. The molecule has 0 bridgehead atoms. The molecule has 1 saturated heterocycles. The Bertz CT molecular complexity index is 362. The minimum atomic E-state index is 0.780. The average Bonchev–Trinajstić information content (AvgIpc) is 2.66. The van der Waals surface area contributed by atoms with Gasteiger partial charge in [0.2, 0.25) is 0 Å². The maximum atomic E-state index is 5.79. The molecule has 0 amide bonds. The Balaban J connectivity index is 1.87. The van der Waals surface area contributed by atoms with Crippen LogP contribution in [0.2, 0.25) is 0 Å². The smallest absolute Gasteiger partial charge is 0.0345 e. The van der Waals surface area contributed by atoms with Crippen molar-refractivity contribution in [3.63, 3.8) is 0 Å². The van der Waals surface area contributed by atoms with Crippen LogP contribution in [0.5, 0.6) is 0 Å². The van der Waals surface area contributed by atoms with E-state index in [1.807, 2.05) is 13.0 Å². The zero-order valence-electron chi connectivity index (χ0n) is 10.2. The fraction of sp³-hybridized carbons (Fsp3) is 0.538. The molecule has 3 heteroatoms. The van der Waals surface area contributed by atoms with Gasteiger partial charge in [0.05, 0.1) is 0 Å². The van der Waals surface area contributed by atoms with Gasteiger partial charge in [-0.2, -0.15) is 0 Å². The summed E-state index contributed by atoms with van der Waals surface area (Å²) in [4.78, 5) is 2.39. The molecule has 1 aromatic rings. The summed E-state index contributed by atoms with van der Waals surface area (Å²) in [5, 5.41) is 3.49. The largest absolute Gasteiger partial charge is 0.399 e. The van der Waals surface area contributed by atoms with Crippen molar-refractivity contribution in [1.82, 2.24) is 4.90 Å². The lowest BCUT2D eigenvalue weighted by Gasteiger charge is -2.13. The third kappa shape index (κ3) is 2.67. The highest BCUT2D eigenvalue weighted by molar-refractivity contribution is 5.56. The van der Waals surface area contributed by atoms with E-state index in [9.17, 15) is 0 Å². The van der Waals surface area contributed by atoms with Crippen LogP contribution in [0.15, 0.2) is 18.2 Å². The first-order valence-electron chi connectivity index (χ1n) is 5.93. The van der Waals surface area contributed by atoms with Crippen LogP contribution < -0.4 is 11.1 Å². The van der Waals surface area contributed by atoms with E-state index in [1.165, 1.54) is 25.2 Å². The summed E-state index contributed by atoms with van der Waals surface area (Å²) in [6.45, 7) is 5.55. The molecule has 0 spiro atoms.